The molecule has 0 unspecified atom stereocenters. The number of rotatable bonds is 9. The van der Waals surface area contributed by atoms with Crippen molar-refractivity contribution in [3.05, 3.63) is 35.9 Å². The van der Waals surface area contributed by atoms with Crippen LogP contribution in [0.2, 0.25) is 0 Å². The summed E-state index contributed by atoms with van der Waals surface area (Å²) >= 11 is 0. The van der Waals surface area contributed by atoms with Crippen LogP contribution in [0.3, 0.4) is 0 Å². The van der Waals surface area contributed by atoms with Crippen LogP contribution in [0.25, 0.3) is 0 Å². The highest BCUT2D eigenvalue weighted by atomic mass is 16.5. The topological polar surface area (TPSA) is 55.8 Å². The Kier molecular flexibility index (Phi) is 8.62. The van der Waals surface area contributed by atoms with Gasteiger partial charge in [0.2, 0.25) is 0 Å². The van der Waals surface area contributed by atoms with Gasteiger partial charge in [0, 0.05) is 19.0 Å². The van der Waals surface area contributed by atoms with Gasteiger partial charge in [0.15, 0.2) is 0 Å². The molecule has 0 spiro atoms. The zero-order chi connectivity index (χ0) is 18.8. The third-order valence-electron chi connectivity index (χ3n) is 5.28. The van der Waals surface area contributed by atoms with Crippen molar-refractivity contribution in [3.63, 3.8) is 0 Å². The van der Waals surface area contributed by atoms with Crippen LogP contribution in [-0.2, 0) is 25.6 Å². The minimum absolute atomic E-state index is 0.0501. The summed E-state index contributed by atoms with van der Waals surface area (Å²) in [7, 11) is 2.90. The molecule has 1 aliphatic carbocycles. The Morgan fingerprint density at radius 2 is 1.69 bits per heavy atom. The number of benzene rings is 1. The van der Waals surface area contributed by atoms with Crippen LogP contribution in [0.4, 0.5) is 0 Å². The predicted octanol–water partition coefficient (Wildman–Crippen LogP) is 3.56. The van der Waals surface area contributed by atoms with E-state index < -0.39 is 0 Å². The van der Waals surface area contributed by atoms with Gasteiger partial charge in [0.1, 0.15) is 0 Å². The highest BCUT2D eigenvalue weighted by Crippen LogP contribution is 2.29. The van der Waals surface area contributed by atoms with Crippen LogP contribution in [0.1, 0.15) is 50.5 Å². The van der Waals surface area contributed by atoms with Gasteiger partial charge >= 0.3 is 11.9 Å². The first-order valence-electron chi connectivity index (χ1n) is 9.56. The Morgan fingerprint density at radius 3 is 2.31 bits per heavy atom. The summed E-state index contributed by atoms with van der Waals surface area (Å²) in [5.41, 5.74) is 1.30. The molecule has 0 bridgehead atoms. The Bertz CT molecular complexity index is 552. The lowest BCUT2D eigenvalue weighted by molar-refractivity contribution is -0.147. The fourth-order valence-corrected chi connectivity index (χ4v) is 3.74. The lowest BCUT2D eigenvalue weighted by Gasteiger charge is -2.36. The van der Waals surface area contributed by atoms with Crippen molar-refractivity contribution in [2.24, 2.45) is 5.92 Å². The second-order valence-electron chi connectivity index (χ2n) is 7.02. The fraction of sp³-hybridized carbons (Fsp3) is 0.619. The lowest BCUT2D eigenvalue weighted by atomic mass is 9.85. The molecule has 1 aromatic rings. The number of hydrogen-bond acceptors (Lipinski definition) is 5. The first kappa shape index (κ1) is 20.4. The van der Waals surface area contributed by atoms with Crippen molar-refractivity contribution in [1.29, 1.82) is 0 Å². The molecule has 0 radical (unpaired) electrons. The van der Waals surface area contributed by atoms with E-state index in [-0.39, 0.29) is 17.9 Å². The van der Waals surface area contributed by atoms with E-state index in [1.54, 1.807) is 0 Å². The number of ether oxygens (including phenoxy) is 2. The van der Waals surface area contributed by atoms with Crippen molar-refractivity contribution < 1.29 is 19.1 Å². The minimum Gasteiger partial charge on any atom is -0.469 e. The molecule has 1 aromatic carbocycles. The molecule has 0 heterocycles. The van der Waals surface area contributed by atoms with Crippen molar-refractivity contribution in [2.45, 2.75) is 57.5 Å². The molecule has 144 valence electrons. The third-order valence-corrected chi connectivity index (χ3v) is 5.28. The normalized spacial score (nSPS) is 20.0. The Morgan fingerprint density at radius 1 is 1.00 bits per heavy atom. The van der Waals surface area contributed by atoms with E-state index in [1.165, 1.54) is 19.8 Å². The van der Waals surface area contributed by atoms with Crippen molar-refractivity contribution in [1.82, 2.24) is 4.90 Å². The summed E-state index contributed by atoms with van der Waals surface area (Å²) < 4.78 is 9.61. The van der Waals surface area contributed by atoms with Crippen LogP contribution in [0, 0.1) is 5.92 Å². The van der Waals surface area contributed by atoms with E-state index in [2.05, 4.69) is 29.2 Å². The first-order valence-corrected chi connectivity index (χ1v) is 9.56. The summed E-state index contributed by atoms with van der Waals surface area (Å²) in [4.78, 5) is 25.6. The van der Waals surface area contributed by atoms with Gasteiger partial charge in [0.05, 0.1) is 20.1 Å². The van der Waals surface area contributed by atoms with E-state index in [9.17, 15) is 9.59 Å². The largest absolute Gasteiger partial charge is 0.469 e. The number of carbonyl (C=O) groups is 2. The molecule has 5 nitrogen and oxygen atoms in total. The van der Waals surface area contributed by atoms with Gasteiger partial charge in [-0.05, 0) is 50.6 Å². The Balaban J connectivity index is 1.90. The first-order chi connectivity index (χ1) is 12.6. The molecular formula is C21H31NO4. The second-order valence-corrected chi connectivity index (χ2v) is 7.02. The molecule has 0 aromatic heterocycles. The average molecular weight is 361 g/mol. The molecule has 26 heavy (non-hydrogen) atoms. The van der Waals surface area contributed by atoms with Gasteiger partial charge in [-0.3, -0.25) is 14.5 Å². The van der Waals surface area contributed by atoms with Crippen LogP contribution in [0.15, 0.2) is 30.3 Å². The smallest absolute Gasteiger partial charge is 0.308 e. The number of unbranched alkanes of at least 4 members (excludes halogenated alkanes) is 1. The standard InChI is InChI=1S/C21H31NO4/c1-25-20(23)10-6-7-15-22(16-17-8-4-3-5-9-17)19-13-11-18(12-14-19)21(24)26-2/h3-5,8-9,18-19H,6-7,10-16H2,1-2H3. The minimum atomic E-state index is -0.141. The monoisotopic (exact) mass is 361 g/mol. The molecule has 1 saturated carbocycles. The molecule has 5 heteroatoms. The Hall–Kier alpha value is -1.88. The lowest BCUT2D eigenvalue weighted by Crippen LogP contribution is -2.39. The molecule has 0 saturated heterocycles. The molecule has 0 N–H and O–H groups in total. The van der Waals surface area contributed by atoms with Crippen LogP contribution >= 0.6 is 0 Å². The molecule has 0 aliphatic heterocycles. The molecule has 2 rings (SSSR count). The molecule has 0 amide bonds. The molecule has 1 fully saturated rings. The van der Waals surface area contributed by atoms with Crippen LogP contribution in [-0.4, -0.2) is 43.6 Å². The maximum Gasteiger partial charge on any atom is 0.308 e. The van der Waals surface area contributed by atoms with Crippen molar-refractivity contribution in [3.8, 4) is 0 Å². The second kappa shape index (κ2) is 11.0. The molecular weight excluding hydrogens is 330 g/mol. The highest BCUT2D eigenvalue weighted by molar-refractivity contribution is 5.72. The van der Waals surface area contributed by atoms with Gasteiger partial charge in [-0.2, -0.15) is 0 Å². The fourth-order valence-electron chi connectivity index (χ4n) is 3.74. The predicted molar refractivity (Wildman–Crippen MR) is 100 cm³/mol. The summed E-state index contributed by atoms with van der Waals surface area (Å²) in [6.45, 7) is 1.87. The van der Waals surface area contributed by atoms with E-state index in [1.807, 2.05) is 6.07 Å². The number of hydrogen-bond donors (Lipinski definition) is 0. The SMILES string of the molecule is COC(=O)CCCCN(Cc1ccccc1)C1CCC(C(=O)OC)CC1. The van der Waals surface area contributed by atoms with Crippen LogP contribution in [0.5, 0.6) is 0 Å². The summed E-state index contributed by atoms with van der Waals surface area (Å²) in [6.07, 6.45) is 6.11. The van der Waals surface area contributed by atoms with E-state index in [0.717, 1.165) is 51.6 Å². The maximum absolute atomic E-state index is 11.8. The van der Waals surface area contributed by atoms with Crippen molar-refractivity contribution >= 4 is 11.9 Å². The number of carbonyl (C=O) groups excluding carboxylic acids is 2. The summed E-state index contributed by atoms with van der Waals surface area (Å²) in [6, 6.07) is 11.0. The Labute approximate surface area is 156 Å². The van der Waals surface area contributed by atoms with Gasteiger partial charge in [-0.25, -0.2) is 0 Å². The summed E-state index contributed by atoms with van der Waals surface area (Å²) in [5.74, 6) is -0.163. The van der Waals surface area contributed by atoms with Crippen LogP contribution < -0.4 is 0 Å². The zero-order valence-corrected chi connectivity index (χ0v) is 16.0. The molecule has 1 aliphatic rings. The molecule has 0 atom stereocenters. The van der Waals surface area contributed by atoms with Gasteiger partial charge in [-0.15, -0.1) is 0 Å². The quantitative estimate of drug-likeness (QED) is 0.497. The summed E-state index contributed by atoms with van der Waals surface area (Å²) in [5, 5.41) is 0. The average Bonchev–Trinajstić information content (AvgIpc) is 2.70. The van der Waals surface area contributed by atoms with E-state index >= 15 is 0 Å². The number of nitrogens with zero attached hydrogens (tertiary/aromatic N) is 1. The zero-order valence-electron chi connectivity index (χ0n) is 16.0. The number of esters is 2. The van der Waals surface area contributed by atoms with Gasteiger partial charge in [0.25, 0.3) is 0 Å². The van der Waals surface area contributed by atoms with E-state index in [4.69, 9.17) is 9.47 Å². The third kappa shape index (κ3) is 6.45. The highest BCUT2D eigenvalue weighted by Gasteiger charge is 2.29. The maximum atomic E-state index is 11.8. The van der Waals surface area contributed by atoms with Gasteiger partial charge in [-0.1, -0.05) is 30.3 Å². The van der Waals surface area contributed by atoms with E-state index in [0.29, 0.717) is 12.5 Å². The number of methoxy groups -OCH3 is 2. The van der Waals surface area contributed by atoms with Gasteiger partial charge < -0.3 is 9.47 Å². The van der Waals surface area contributed by atoms with Crippen molar-refractivity contribution in [2.75, 3.05) is 20.8 Å².